The summed E-state index contributed by atoms with van der Waals surface area (Å²) in [6.07, 6.45) is -0.0232. The maximum absolute atomic E-state index is 11.4. The number of carbonyl (C=O) groups is 2. The lowest BCUT2D eigenvalue weighted by atomic mass is 10.4. The predicted octanol–water partition coefficient (Wildman–Crippen LogP) is 1.24. The molecule has 0 radical (unpaired) electrons. The van der Waals surface area contributed by atoms with Crippen LogP contribution in [-0.4, -0.2) is 53.1 Å². The number of carboxylic acids is 1. The van der Waals surface area contributed by atoms with E-state index in [-0.39, 0.29) is 19.0 Å². The van der Waals surface area contributed by atoms with Gasteiger partial charge < -0.3 is 15.3 Å². The lowest BCUT2D eigenvalue weighted by Gasteiger charge is -2.16. The second-order valence-corrected chi connectivity index (χ2v) is 5.40. The van der Waals surface area contributed by atoms with Gasteiger partial charge in [0.1, 0.15) is 0 Å². The van der Waals surface area contributed by atoms with Crippen LogP contribution in [-0.2, 0) is 4.79 Å². The summed E-state index contributed by atoms with van der Waals surface area (Å²) < 4.78 is 0. The summed E-state index contributed by atoms with van der Waals surface area (Å²) in [4.78, 5) is 23.1. The summed E-state index contributed by atoms with van der Waals surface area (Å²) >= 11 is 1.78. The first kappa shape index (κ1) is 15.1. The molecule has 0 bridgehead atoms. The van der Waals surface area contributed by atoms with Crippen LogP contribution in [0.4, 0.5) is 4.79 Å². The first-order chi connectivity index (χ1) is 7.43. The molecule has 0 aliphatic rings. The minimum Gasteiger partial charge on any atom is -0.481 e. The largest absolute Gasteiger partial charge is 0.481 e. The van der Waals surface area contributed by atoms with Crippen molar-refractivity contribution >= 4 is 23.8 Å². The third-order valence-corrected chi connectivity index (χ3v) is 2.94. The van der Waals surface area contributed by atoms with Crippen LogP contribution < -0.4 is 5.32 Å². The number of aliphatic carboxylic acids is 1. The van der Waals surface area contributed by atoms with E-state index in [2.05, 4.69) is 19.2 Å². The molecule has 0 aliphatic carbocycles. The standard InChI is InChI=1S/C10H20N2O3S/c1-8(2)16-7-5-11-10(15)12(3)6-4-9(13)14/h8H,4-7H2,1-3H3,(H,11,15)(H,13,14). The van der Waals surface area contributed by atoms with Crippen LogP contribution in [0.2, 0.25) is 0 Å². The maximum Gasteiger partial charge on any atom is 0.317 e. The average molecular weight is 248 g/mol. The van der Waals surface area contributed by atoms with Crippen LogP contribution in [0, 0.1) is 0 Å². The van der Waals surface area contributed by atoms with E-state index in [1.807, 2.05) is 0 Å². The van der Waals surface area contributed by atoms with E-state index in [1.165, 1.54) is 4.90 Å². The van der Waals surface area contributed by atoms with Crippen molar-refractivity contribution in [2.75, 3.05) is 25.9 Å². The Morgan fingerprint density at radius 1 is 1.44 bits per heavy atom. The lowest BCUT2D eigenvalue weighted by Crippen LogP contribution is -2.39. The molecule has 0 heterocycles. The smallest absolute Gasteiger partial charge is 0.317 e. The van der Waals surface area contributed by atoms with E-state index in [1.54, 1.807) is 18.8 Å². The zero-order valence-electron chi connectivity index (χ0n) is 10.0. The van der Waals surface area contributed by atoms with Crippen molar-refractivity contribution in [2.45, 2.75) is 25.5 Å². The summed E-state index contributed by atoms with van der Waals surface area (Å²) in [6, 6.07) is -0.217. The summed E-state index contributed by atoms with van der Waals surface area (Å²) in [7, 11) is 1.59. The number of carbonyl (C=O) groups excluding carboxylic acids is 1. The Morgan fingerprint density at radius 3 is 2.56 bits per heavy atom. The molecule has 2 N–H and O–H groups in total. The molecule has 0 aliphatic heterocycles. The molecule has 0 aromatic heterocycles. The summed E-state index contributed by atoms with van der Waals surface area (Å²) in [5, 5.41) is 11.7. The third kappa shape index (κ3) is 8.40. The van der Waals surface area contributed by atoms with Crippen LogP contribution in [0.15, 0.2) is 0 Å². The van der Waals surface area contributed by atoms with E-state index < -0.39 is 5.97 Å². The molecule has 16 heavy (non-hydrogen) atoms. The number of urea groups is 1. The van der Waals surface area contributed by atoms with Gasteiger partial charge in [0.25, 0.3) is 0 Å². The molecule has 0 saturated carbocycles. The van der Waals surface area contributed by atoms with Crippen LogP contribution in [0.1, 0.15) is 20.3 Å². The van der Waals surface area contributed by atoms with Gasteiger partial charge in [0, 0.05) is 25.9 Å². The zero-order valence-corrected chi connectivity index (χ0v) is 10.8. The first-order valence-corrected chi connectivity index (χ1v) is 6.30. The zero-order chi connectivity index (χ0) is 12.6. The molecule has 94 valence electrons. The highest BCUT2D eigenvalue weighted by Crippen LogP contribution is 2.06. The number of carboxylic acid groups (broad SMARTS) is 1. The normalized spacial score (nSPS) is 10.2. The van der Waals surface area contributed by atoms with Gasteiger partial charge in [-0.2, -0.15) is 11.8 Å². The number of nitrogens with one attached hydrogen (secondary N) is 1. The number of thioether (sulfide) groups is 1. The van der Waals surface area contributed by atoms with Crippen LogP contribution in [0.3, 0.4) is 0 Å². The molecule has 5 nitrogen and oxygen atoms in total. The minimum atomic E-state index is -0.894. The molecule has 0 aromatic carbocycles. The quantitative estimate of drug-likeness (QED) is 0.665. The molecule has 6 heteroatoms. The number of rotatable bonds is 7. The van der Waals surface area contributed by atoms with E-state index in [9.17, 15) is 9.59 Å². The Morgan fingerprint density at radius 2 is 2.06 bits per heavy atom. The Kier molecular flexibility index (Phi) is 7.80. The van der Waals surface area contributed by atoms with Gasteiger partial charge in [-0.3, -0.25) is 4.79 Å². The lowest BCUT2D eigenvalue weighted by molar-refractivity contribution is -0.137. The topological polar surface area (TPSA) is 69.6 Å². The van der Waals surface area contributed by atoms with Crippen molar-refractivity contribution in [1.29, 1.82) is 0 Å². The Bertz CT molecular complexity index is 234. The molecular weight excluding hydrogens is 228 g/mol. The molecule has 0 aromatic rings. The maximum atomic E-state index is 11.4. The van der Waals surface area contributed by atoms with E-state index in [4.69, 9.17) is 5.11 Å². The fourth-order valence-electron chi connectivity index (χ4n) is 0.952. The highest BCUT2D eigenvalue weighted by Gasteiger charge is 2.08. The van der Waals surface area contributed by atoms with Gasteiger partial charge in [-0.25, -0.2) is 4.79 Å². The Balaban J connectivity index is 3.59. The van der Waals surface area contributed by atoms with E-state index >= 15 is 0 Å². The SMILES string of the molecule is CC(C)SCCNC(=O)N(C)CCC(=O)O. The molecular formula is C10H20N2O3S. The van der Waals surface area contributed by atoms with Crippen LogP contribution >= 0.6 is 11.8 Å². The number of hydrogen-bond acceptors (Lipinski definition) is 3. The van der Waals surface area contributed by atoms with Crippen molar-refractivity contribution in [3.63, 3.8) is 0 Å². The molecule has 0 saturated heterocycles. The second-order valence-electron chi connectivity index (χ2n) is 3.72. The number of nitrogens with zero attached hydrogens (tertiary/aromatic N) is 1. The highest BCUT2D eigenvalue weighted by atomic mass is 32.2. The molecule has 0 spiro atoms. The average Bonchev–Trinajstić information content (AvgIpc) is 2.20. The minimum absolute atomic E-state index is 0.0232. The number of hydrogen-bond donors (Lipinski definition) is 2. The van der Waals surface area contributed by atoms with Crippen molar-refractivity contribution < 1.29 is 14.7 Å². The first-order valence-electron chi connectivity index (χ1n) is 5.26. The Hall–Kier alpha value is -0.910. The monoisotopic (exact) mass is 248 g/mol. The fourth-order valence-corrected chi connectivity index (χ4v) is 1.64. The van der Waals surface area contributed by atoms with E-state index in [0.717, 1.165) is 5.75 Å². The van der Waals surface area contributed by atoms with Crippen molar-refractivity contribution in [1.82, 2.24) is 10.2 Å². The third-order valence-electron chi connectivity index (χ3n) is 1.84. The van der Waals surface area contributed by atoms with Gasteiger partial charge in [0.15, 0.2) is 0 Å². The summed E-state index contributed by atoms with van der Waals surface area (Å²) in [6.45, 7) is 5.05. The molecule has 0 fully saturated rings. The van der Waals surface area contributed by atoms with Crippen LogP contribution in [0.5, 0.6) is 0 Å². The molecule has 0 unspecified atom stereocenters. The second kappa shape index (κ2) is 8.27. The summed E-state index contributed by atoms with van der Waals surface area (Å²) in [5.41, 5.74) is 0. The highest BCUT2D eigenvalue weighted by molar-refractivity contribution is 7.99. The van der Waals surface area contributed by atoms with Gasteiger partial charge in [0.05, 0.1) is 6.42 Å². The van der Waals surface area contributed by atoms with Crippen molar-refractivity contribution in [3.05, 3.63) is 0 Å². The summed E-state index contributed by atoms with van der Waals surface area (Å²) in [5.74, 6) is -0.0223. The predicted molar refractivity (Wildman–Crippen MR) is 65.9 cm³/mol. The van der Waals surface area contributed by atoms with Crippen molar-refractivity contribution in [3.8, 4) is 0 Å². The van der Waals surface area contributed by atoms with Gasteiger partial charge in [-0.05, 0) is 5.25 Å². The number of amides is 2. The van der Waals surface area contributed by atoms with Gasteiger partial charge >= 0.3 is 12.0 Å². The molecule has 2 amide bonds. The Labute approximate surface area is 101 Å². The van der Waals surface area contributed by atoms with Crippen LogP contribution in [0.25, 0.3) is 0 Å². The molecule has 0 rings (SSSR count). The van der Waals surface area contributed by atoms with Gasteiger partial charge in [0.2, 0.25) is 0 Å². The van der Waals surface area contributed by atoms with Gasteiger partial charge in [-0.15, -0.1) is 0 Å². The molecule has 0 atom stereocenters. The van der Waals surface area contributed by atoms with E-state index in [0.29, 0.717) is 11.8 Å². The van der Waals surface area contributed by atoms with Gasteiger partial charge in [-0.1, -0.05) is 13.8 Å². The fraction of sp³-hybridized carbons (Fsp3) is 0.800. The van der Waals surface area contributed by atoms with Crippen molar-refractivity contribution in [2.24, 2.45) is 0 Å².